The number of hydrogen-bond donors (Lipinski definition) is 1. The SMILES string of the molecule is COCC1(C(=O)N(C)Cc2cccc(Br)c2)CCNC1. The molecule has 1 aromatic carbocycles. The van der Waals surface area contributed by atoms with Crippen molar-refractivity contribution in [2.45, 2.75) is 13.0 Å². The summed E-state index contributed by atoms with van der Waals surface area (Å²) < 4.78 is 6.31. The molecule has 5 heteroatoms. The lowest BCUT2D eigenvalue weighted by molar-refractivity contribution is -0.143. The topological polar surface area (TPSA) is 41.6 Å². The highest BCUT2D eigenvalue weighted by Gasteiger charge is 2.42. The largest absolute Gasteiger partial charge is 0.384 e. The Morgan fingerprint density at radius 1 is 1.55 bits per heavy atom. The monoisotopic (exact) mass is 340 g/mol. The molecule has 0 bridgehead atoms. The number of methoxy groups -OCH3 is 1. The van der Waals surface area contributed by atoms with Gasteiger partial charge < -0.3 is 15.0 Å². The minimum atomic E-state index is -0.407. The van der Waals surface area contributed by atoms with E-state index in [1.807, 2.05) is 31.3 Å². The zero-order valence-corrected chi connectivity index (χ0v) is 13.6. The van der Waals surface area contributed by atoms with Crippen LogP contribution in [0.3, 0.4) is 0 Å². The molecular formula is C15H21BrN2O2. The molecule has 1 saturated heterocycles. The Balaban J connectivity index is 2.07. The Labute approximate surface area is 128 Å². The van der Waals surface area contributed by atoms with Crippen molar-refractivity contribution in [3.63, 3.8) is 0 Å². The predicted octanol–water partition coefficient (Wildman–Crippen LogP) is 2.03. The van der Waals surface area contributed by atoms with Gasteiger partial charge in [0.05, 0.1) is 12.0 Å². The van der Waals surface area contributed by atoms with E-state index in [4.69, 9.17) is 4.74 Å². The third-order valence-corrected chi connectivity index (χ3v) is 4.27. The first-order chi connectivity index (χ1) is 9.57. The number of amides is 1. The highest BCUT2D eigenvalue weighted by Crippen LogP contribution is 2.28. The van der Waals surface area contributed by atoms with Gasteiger partial charge in [-0.05, 0) is 30.7 Å². The average molecular weight is 341 g/mol. The van der Waals surface area contributed by atoms with Crippen LogP contribution in [0.4, 0.5) is 0 Å². The molecule has 0 radical (unpaired) electrons. The summed E-state index contributed by atoms with van der Waals surface area (Å²) in [6.07, 6.45) is 0.836. The van der Waals surface area contributed by atoms with E-state index >= 15 is 0 Å². The van der Waals surface area contributed by atoms with Crippen LogP contribution in [0.2, 0.25) is 0 Å². The molecule has 1 fully saturated rings. The van der Waals surface area contributed by atoms with Gasteiger partial charge in [-0.1, -0.05) is 28.1 Å². The fourth-order valence-corrected chi connectivity index (χ4v) is 3.22. The summed E-state index contributed by atoms with van der Waals surface area (Å²) >= 11 is 3.46. The number of halogens is 1. The van der Waals surface area contributed by atoms with Gasteiger partial charge >= 0.3 is 0 Å². The summed E-state index contributed by atoms with van der Waals surface area (Å²) in [4.78, 5) is 14.5. The van der Waals surface area contributed by atoms with E-state index in [-0.39, 0.29) is 5.91 Å². The van der Waals surface area contributed by atoms with Crippen molar-refractivity contribution in [1.29, 1.82) is 0 Å². The lowest BCUT2D eigenvalue weighted by Gasteiger charge is -2.31. The Kier molecular flexibility index (Phi) is 5.18. The molecule has 20 heavy (non-hydrogen) atoms. The molecule has 0 spiro atoms. The molecule has 1 aromatic rings. The molecule has 1 atom stereocenters. The minimum Gasteiger partial charge on any atom is -0.384 e. The van der Waals surface area contributed by atoms with Crippen LogP contribution >= 0.6 is 15.9 Å². The Morgan fingerprint density at radius 2 is 2.35 bits per heavy atom. The first-order valence-corrected chi connectivity index (χ1v) is 7.56. The number of benzene rings is 1. The molecule has 1 unspecified atom stereocenters. The van der Waals surface area contributed by atoms with Crippen LogP contribution in [0.15, 0.2) is 28.7 Å². The summed E-state index contributed by atoms with van der Waals surface area (Å²) in [6.45, 7) is 2.66. The van der Waals surface area contributed by atoms with Crippen molar-refractivity contribution < 1.29 is 9.53 Å². The van der Waals surface area contributed by atoms with Crippen molar-refractivity contribution in [2.75, 3.05) is 33.9 Å². The fourth-order valence-electron chi connectivity index (χ4n) is 2.77. The van der Waals surface area contributed by atoms with Crippen LogP contribution in [0.25, 0.3) is 0 Å². The van der Waals surface area contributed by atoms with E-state index in [1.54, 1.807) is 12.0 Å². The molecule has 2 rings (SSSR count). The number of carbonyl (C=O) groups is 1. The first kappa shape index (κ1) is 15.5. The highest BCUT2D eigenvalue weighted by molar-refractivity contribution is 9.10. The van der Waals surface area contributed by atoms with Gasteiger partial charge in [0.25, 0.3) is 0 Å². The van der Waals surface area contributed by atoms with Crippen molar-refractivity contribution in [1.82, 2.24) is 10.2 Å². The van der Waals surface area contributed by atoms with Crippen molar-refractivity contribution in [2.24, 2.45) is 5.41 Å². The smallest absolute Gasteiger partial charge is 0.232 e. The van der Waals surface area contributed by atoms with Gasteiger partial charge in [-0.25, -0.2) is 0 Å². The molecule has 0 aliphatic carbocycles. The van der Waals surface area contributed by atoms with Crippen molar-refractivity contribution in [3.05, 3.63) is 34.3 Å². The molecule has 4 nitrogen and oxygen atoms in total. The third-order valence-electron chi connectivity index (χ3n) is 3.77. The Bertz CT molecular complexity index is 473. The first-order valence-electron chi connectivity index (χ1n) is 6.77. The van der Waals surface area contributed by atoms with Gasteiger partial charge in [0.15, 0.2) is 0 Å². The number of nitrogens with one attached hydrogen (secondary N) is 1. The van der Waals surface area contributed by atoms with Gasteiger partial charge in [0.2, 0.25) is 5.91 Å². The van der Waals surface area contributed by atoms with Crippen LogP contribution < -0.4 is 5.32 Å². The summed E-state index contributed by atoms with van der Waals surface area (Å²) in [7, 11) is 3.51. The lowest BCUT2D eigenvalue weighted by atomic mass is 9.86. The quantitative estimate of drug-likeness (QED) is 0.891. The third kappa shape index (κ3) is 3.40. The average Bonchev–Trinajstić information content (AvgIpc) is 2.88. The van der Waals surface area contributed by atoms with Gasteiger partial charge in [-0.15, -0.1) is 0 Å². The second-order valence-corrected chi connectivity index (χ2v) is 6.35. The molecule has 1 aliphatic heterocycles. The normalized spacial score (nSPS) is 21.9. The molecule has 1 aliphatic rings. The summed E-state index contributed by atoms with van der Waals surface area (Å²) in [6, 6.07) is 8.04. The number of ether oxygens (including phenoxy) is 1. The molecule has 1 N–H and O–H groups in total. The Hall–Kier alpha value is -0.910. The van der Waals surface area contributed by atoms with Gasteiger partial charge in [-0.2, -0.15) is 0 Å². The molecule has 1 amide bonds. The van der Waals surface area contributed by atoms with Gasteiger partial charge in [-0.3, -0.25) is 4.79 Å². The fraction of sp³-hybridized carbons (Fsp3) is 0.533. The summed E-state index contributed by atoms with van der Waals surface area (Å²) in [5.41, 5.74) is 0.712. The molecule has 0 saturated carbocycles. The molecular weight excluding hydrogens is 320 g/mol. The van der Waals surface area contributed by atoms with Crippen LogP contribution in [-0.4, -0.2) is 44.7 Å². The maximum Gasteiger partial charge on any atom is 0.232 e. The highest BCUT2D eigenvalue weighted by atomic mass is 79.9. The number of rotatable bonds is 5. The Morgan fingerprint density at radius 3 is 2.95 bits per heavy atom. The standard InChI is InChI=1S/C15H21BrN2O2/c1-18(9-12-4-3-5-13(16)8-12)14(19)15(11-20-2)6-7-17-10-15/h3-5,8,17H,6-7,9-11H2,1-2H3. The van der Waals surface area contributed by atoms with Crippen molar-refractivity contribution >= 4 is 21.8 Å². The molecule has 1 heterocycles. The molecule has 0 aromatic heterocycles. The van der Waals surface area contributed by atoms with E-state index in [2.05, 4.69) is 21.2 Å². The van der Waals surface area contributed by atoms with E-state index in [9.17, 15) is 4.79 Å². The second-order valence-electron chi connectivity index (χ2n) is 5.43. The number of nitrogens with zero attached hydrogens (tertiary/aromatic N) is 1. The number of carbonyl (C=O) groups excluding carboxylic acids is 1. The molecule has 110 valence electrons. The van der Waals surface area contributed by atoms with E-state index in [1.165, 1.54) is 0 Å². The maximum absolute atomic E-state index is 12.7. The van der Waals surface area contributed by atoms with E-state index in [0.717, 1.165) is 23.0 Å². The minimum absolute atomic E-state index is 0.157. The zero-order chi connectivity index (χ0) is 14.6. The lowest BCUT2D eigenvalue weighted by Crippen LogP contribution is -2.46. The van der Waals surface area contributed by atoms with Gasteiger partial charge in [0, 0.05) is 31.7 Å². The number of hydrogen-bond acceptors (Lipinski definition) is 3. The zero-order valence-electron chi connectivity index (χ0n) is 12.0. The predicted molar refractivity (Wildman–Crippen MR) is 82.4 cm³/mol. The van der Waals surface area contributed by atoms with Gasteiger partial charge in [0.1, 0.15) is 0 Å². The summed E-state index contributed by atoms with van der Waals surface area (Å²) in [5, 5.41) is 3.27. The van der Waals surface area contributed by atoms with Crippen molar-refractivity contribution in [3.8, 4) is 0 Å². The van der Waals surface area contributed by atoms with Crippen LogP contribution in [0.5, 0.6) is 0 Å². The second kappa shape index (κ2) is 6.70. The maximum atomic E-state index is 12.7. The van der Waals surface area contributed by atoms with E-state index in [0.29, 0.717) is 19.7 Å². The van der Waals surface area contributed by atoms with Crippen LogP contribution in [0, 0.1) is 5.41 Å². The van der Waals surface area contributed by atoms with E-state index < -0.39 is 5.41 Å². The van der Waals surface area contributed by atoms with Crippen LogP contribution in [0.1, 0.15) is 12.0 Å². The van der Waals surface area contributed by atoms with Crippen LogP contribution in [-0.2, 0) is 16.1 Å². The summed E-state index contributed by atoms with van der Waals surface area (Å²) in [5.74, 6) is 0.157.